The van der Waals surface area contributed by atoms with Crippen molar-refractivity contribution < 1.29 is 13.9 Å². The van der Waals surface area contributed by atoms with Gasteiger partial charge in [0.2, 0.25) is 0 Å². The van der Waals surface area contributed by atoms with E-state index in [1.807, 2.05) is 6.92 Å². The van der Waals surface area contributed by atoms with E-state index in [2.05, 4.69) is 16.9 Å². The molecule has 106 valence electrons. The van der Waals surface area contributed by atoms with E-state index in [1.165, 1.54) is 6.08 Å². The monoisotopic (exact) mass is 270 g/mol. The lowest BCUT2D eigenvalue weighted by Gasteiger charge is -2.23. The first-order valence-corrected chi connectivity index (χ1v) is 6.38. The van der Waals surface area contributed by atoms with Crippen LogP contribution in [0.15, 0.2) is 41.6 Å². The smallest absolute Gasteiger partial charge is 0.289 e. The molecule has 0 radical (unpaired) electrons. The summed E-state index contributed by atoms with van der Waals surface area (Å²) >= 11 is 0. The highest BCUT2D eigenvalue weighted by atomic mass is 19.3. The average Bonchev–Trinajstić information content (AvgIpc) is 2.37. The van der Waals surface area contributed by atoms with Crippen LogP contribution in [-0.4, -0.2) is 29.5 Å². The van der Waals surface area contributed by atoms with Crippen LogP contribution in [0, 0.1) is 0 Å². The lowest BCUT2D eigenvalue weighted by molar-refractivity contribution is 0.0482. The van der Waals surface area contributed by atoms with Gasteiger partial charge in [-0.15, -0.1) is 0 Å². The Labute approximate surface area is 112 Å². The summed E-state index contributed by atoms with van der Waals surface area (Å²) in [6, 6.07) is 0. The molecular weight excluding hydrogens is 250 g/mol. The van der Waals surface area contributed by atoms with E-state index in [0.717, 1.165) is 0 Å². The number of aliphatic imine (C=N–C) groups is 1. The van der Waals surface area contributed by atoms with Gasteiger partial charge < -0.3 is 5.11 Å². The van der Waals surface area contributed by atoms with Gasteiger partial charge in [0.1, 0.15) is 5.71 Å². The molecule has 0 aromatic rings. The van der Waals surface area contributed by atoms with E-state index in [9.17, 15) is 13.9 Å². The summed E-state index contributed by atoms with van der Waals surface area (Å²) in [5.41, 5.74) is -0.371. The molecule has 1 atom stereocenters. The molecule has 1 unspecified atom stereocenters. The maximum atomic E-state index is 14.1. The Morgan fingerprint density at radius 3 is 2.95 bits per heavy atom. The molecule has 0 bridgehead atoms. The van der Waals surface area contributed by atoms with Gasteiger partial charge in [0.25, 0.3) is 5.92 Å². The van der Waals surface area contributed by atoms with Gasteiger partial charge in [-0.05, 0) is 12.5 Å². The predicted molar refractivity (Wildman–Crippen MR) is 73.3 cm³/mol. The molecule has 0 aromatic heterocycles. The maximum Gasteiger partial charge on any atom is 0.289 e. The predicted octanol–water partition coefficient (Wildman–Crippen LogP) is 2.80. The van der Waals surface area contributed by atoms with Crippen LogP contribution in [0.5, 0.6) is 0 Å². The van der Waals surface area contributed by atoms with Gasteiger partial charge in [0.15, 0.2) is 6.23 Å². The first-order chi connectivity index (χ1) is 8.97. The Kier molecular flexibility index (Phi) is 6.05. The Morgan fingerprint density at radius 1 is 1.53 bits per heavy atom. The molecule has 2 N–H and O–H groups in total. The van der Waals surface area contributed by atoms with E-state index in [-0.39, 0.29) is 12.1 Å². The van der Waals surface area contributed by atoms with E-state index in [0.29, 0.717) is 19.4 Å². The molecule has 0 saturated heterocycles. The van der Waals surface area contributed by atoms with E-state index in [4.69, 9.17) is 0 Å². The van der Waals surface area contributed by atoms with Gasteiger partial charge in [-0.25, -0.2) is 4.99 Å². The first-order valence-electron chi connectivity index (χ1n) is 6.38. The zero-order chi connectivity index (χ0) is 14.3. The van der Waals surface area contributed by atoms with Crippen LogP contribution >= 0.6 is 0 Å². The Balaban J connectivity index is 3.00. The molecule has 1 aliphatic heterocycles. The fourth-order valence-electron chi connectivity index (χ4n) is 1.65. The van der Waals surface area contributed by atoms with E-state index in [1.54, 1.807) is 18.2 Å². The van der Waals surface area contributed by atoms with Gasteiger partial charge in [0.05, 0.1) is 5.70 Å². The Bertz CT molecular complexity index is 400. The van der Waals surface area contributed by atoms with Crippen LogP contribution in [0.2, 0.25) is 0 Å². The number of aliphatic hydroxyl groups is 1. The van der Waals surface area contributed by atoms with Crippen molar-refractivity contribution in [3.05, 3.63) is 36.6 Å². The summed E-state index contributed by atoms with van der Waals surface area (Å²) in [5.74, 6) is -3.14. The lowest BCUT2D eigenvalue weighted by Crippen LogP contribution is -2.46. The molecule has 0 amide bonds. The minimum atomic E-state index is -3.14. The molecule has 0 saturated carbocycles. The third kappa shape index (κ3) is 5.04. The number of hydrogen-bond donors (Lipinski definition) is 2. The number of aliphatic hydroxyl groups excluding tert-OH is 1. The van der Waals surface area contributed by atoms with Crippen molar-refractivity contribution >= 4 is 5.71 Å². The number of unbranched alkanes of at least 4 members (excludes halogenated alkanes) is 1. The van der Waals surface area contributed by atoms with Crippen molar-refractivity contribution in [1.82, 2.24) is 5.32 Å². The molecule has 0 aromatic carbocycles. The summed E-state index contributed by atoms with van der Waals surface area (Å²) in [6.07, 6.45) is 5.91. The number of alkyl halides is 2. The van der Waals surface area contributed by atoms with Crippen LogP contribution in [0.3, 0.4) is 0 Å². The number of halogens is 2. The molecule has 0 spiro atoms. The zero-order valence-corrected chi connectivity index (χ0v) is 11.1. The third-order valence-corrected chi connectivity index (χ3v) is 2.71. The fourth-order valence-corrected chi connectivity index (χ4v) is 1.65. The van der Waals surface area contributed by atoms with Gasteiger partial charge in [-0.3, -0.25) is 5.32 Å². The minimum absolute atomic E-state index is 0.193. The van der Waals surface area contributed by atoms with Crippen molar-refractivity contribution in [1.29, 1.82) is 0 Å². The van der Waals surface area contributed by atoms with E-state index < -0.39 is 17.9 Å². The summed E-state index contributed by atoms with van der Waals surface area (Å²) in [4.78, 5) is 3.78. The molecule has 19 heavy (non-hydrogen) atoms. The third-order valence-electron chi connectivity index (χ3n) is 2.71. The van der Waals surface area contributed by atoms with Crippen LogP contribution < -0.4 is 5.32 Å². The Hall–Kier alpha value is -1.33. The molecular formula is C14H20F2N2O. The highest BCUT2D eigenvalue weighted by Gasteiger charge is 2.39. The average molecular weight is 270 g/mol. The van der Waals surface area contributed by atoms with Gasteiger partial charge in [-0.2, -0.15) is 8.78 Å². The van der Waals surface area contributed by atoms with Crippen molar-refractivity contribution in [3.63, 3.8) is 0 Å². The lowest BCUT2D eigenvalue weighted by atomic mass is 10.0. The fraction of sp³-hybridized carbons (Fsp3) is 0.500. The summed E-state index contributed by atoms with van der Waals surface area (Å²) < 4.78 is 28.1. The van der Waals surface area contributed by atoms with Crippen molar-refractivity contribution in [2.45, 2.75) is 38.3 Å². The Morgan fingerprint density at radius 2 is 2.26 bits per heavy atom. The normalized spacial score (nSPS) is 27.5. The number of nitrogens with one attached hydrogen (secondary N) is 1. The molecule has 1 aliphatic rings. The van der Waals surface area contributed by atoms with Gasteiger partial charge in [-0.1, -0.05) is 38.2 Å². The SMILES string of the molecule is C=C1/C=C\C=C/CNC(O)/C(C(F)(F)CCCC)=N\1. The highest BCUT2D eigenvalue weighted by molar-refractivity contribution is 5.95. The van der Waals surface area contributed by atoms with Gasteiger partial charge >= 0.3 is 0 Å². The molecule has 0 aliphatic carbocycles. The molecule has 0 fully saturated rings. The van der Waals surface area contributed by atoms with Crippen molar-refractivity contribution in [2.75, 3.05) is 6.54 Å². The van der Waals surface area contributed by atoms with Crippen molar-refractivity contribution in [3.8, 4) is 0 Å². The highest BCUT2D eigenvalue weighted by Crippen LogP contribution is 2.26. The number of nitrogens with zero attached hydrogens (tertiary/aromatic N) is 1. The second-order valence-electron chi connectivity index (χ2n) is 4.39. The van der Waals surface area contributed by atoms with Crippen molar-refractivity contribution in [2.24, 2.45) is 4.99 Å². The van der Waals surface area contributed by atoms with Crippen LogP contribution in [0.25, 0.3) is 0 Å². The standard InChI is InChI=1S/C14H20F2N2O/c1-3-4-9-14(15,16)12-13(19)17-10-7-5-6-8-11(2)18-12/h5-8,13,17,19H,2-4,9-10H2,1H3/b7-5-,8-6-,18-12+. The number of rotatable bonds is 4. The maximum absolute atomic E-state index is 14.1. The molecule has 3 nitrogen and oxygen atoms in total. The summed E-state index contributed by atoms with van der Waals surface area (Å²) in [6.45, 7) is 5.72. The molecule has 1 heterocycles. The molecule has 5 heteroatoms. The summed E-state index contributed by atoms with van der Waals surface area (Å²) in [5, 5.41) is 12.4. The minimum Gasteiger partial charge on any atom is -0.373 e. The van der Waals surface area contributed by atoms with Crippen LogP contribution in [0.1, 0.15) is 26.2 Å². The number of hydrogen-bond acceptors (Lipinski definition) is 3. The van der Waals surface area contributed by atoms with Crippen LogP contribution in [0.4, 0.5) is 8.78 Å². The second-order valence-corrected chi connectivity index (χ2v) is 4.39. The molecule has 1 rings (SSSR count). The van der Waals surface area contributed by atoms with E-state index >= 15 is 0 Å². The summed E-state index contributed by atoms with van der Waals surface area (Å²) in [7, 11) is 0. The zero-order valence-electron chi connectivity index (χ0n) is 11.1. The number of allylic oxidation sites excluding steroid dienone is 3. The quantitative estimate of drug-likeness (QED) is 0.825. The first kappa shape index (κ1) is 15.7. The van der Waals surface area contributed by atoms with Crippen LogP contribution in [-0.2, 0) is 0 Å². The largest absolute Gasteiger partial charge is 0.373 e. The second kappa shape index (κ2) is 7.31. The van der Waals surface area contributed by atoms with Gasteiger partial charge in [0, 0.05) is 13.0 Å². The topological polar surface area (TPSA) is 44.6 Å².